The highest BCUT2D eigenvalue weighted by atomic mass is 20.0. The molecular weight excluding hydrogens is 328 g/mol. The summed E-state index contributed by atoms with van der Waals surface area (Å²) in [5, 5.41) is 4.07. The van der Waals surface area contributed by atoms with Crippen LogP contribution in [0.15, 0.2) is 35.4 Å². The monoisotopic (exact) mass is 338 g/mol. The molecule has 1 amide bonds. The van der Waals surface area contributed by atoms with Gasteiger partial charge in [-0.25, -0.2) is 5.01 Å². The van der Waals surface area contributed by atoms with Crippen molar-refractivity contribution in [3.05, 3.63) is 30.3 Å². The number of carbonyl (C=O) groups is 1. The Morgan fingerprint density at radius 2 is 1.45 bits per heavy atom. The van der Waals surface area contributed by atoms with Crippen molar-refractivity contribution < 1.29 is 40.7 Å². The molecule has 0 saturated carbocycles. The zero-order chi connectivity index (χ0) is 17.8. The van der Waals surface area contributed by atoms with E-state index in [9.17, 15) is 22.4 Å². The summed E-state index contributed by atoms with van der Waals surface area (Å²) in [5.41, 5.74) is -0.715. The minimum atomic E-state index is -4.54. The molecule has 1 aliphatic rings. The molecular formula is C11H10F8N2O. The van der Waals surface area contributed by atoms with E-state index >= 15 is 0 Å². The van der Waals surface area contributed by atoms with Crippen molar-refractivity contribution >= 4 is 17.3 Å². The lowest BCUT2D eigenvalue weighted by molar-refractivity contribution is -0.117. The fourth-order valence-electron chi connectivity index (χ4n) is 1.36. The number of anilines is 1. The molecule has 0 radical (unpaired) electrons. The summed E-state index contributed by atoms with van der Waals surface area (Å²) in [6.07, 6.45) is -5.24. The number of benzene rings is 1. The second kappa shape index (κ2) is 11.5. The lowest BCUT2D eigenvalue weighted by Crippen LogP contribution is -2.22. The van der Waals surface area contributed by atoms with Crippen LogP contribution in [-0.2, 0) is 4.79 Å². The number of rotatable bonds is 1. The van der Waals surface area contributed by atoms with Gasteiger partial charge < -0.3 is 0 Å². The first-order valence-electron chi connectivity index (χ1n) is 5.17. The second-order valence-corrected chi connectivity index (χ2v) is 3.26. The average molecular weight is 338 g/mol. The Balaban J connectivity index is 0. The first kappa shape index (κ1) is 22.1. The molecule has 1 aromatic rings. The molecule has 0 N–H and O–H groups in total. The first-order valence-corrected chi connectivity index (χ1v) is 5.17. The average Bonchev–Trinajstić information content (AvgIpc) is 2.96. The molecule has 0 fully saturated rings. The molecule has 0 saturated heterocycles. The summed E-state index contributed by atoms with van der Waals surface area (Å²) in [5.74, 6) is -0.668. The van der Waals surface area contributed by atoms with Crippen LogP contribution in [0.4, 0.5) is 41.5 Å². The van der Waals surface area contributed by atoms with Crippen LogP contribution in [0.3, 0.4) is 0 Å². The van der Waals surface area contributed by atoms with Crippen molar-refractivity contribution in [3.8, 4) is 0 Å². The fraction of sp³-hybridized carbons (Fsp3) is 0.273. The summed E-state index contributed by atoms with van der Waals surface area (Å²) in [7, 11) is 0.500. The Hall–Kier alpha value is -2.20. The van der Waals surface area contributed by atoms with Crippen LogP contribution in [0.25, 0.3) is 0 Å². The van der Waals surface area contributed by atoms with Gasteiger partial charge in [0.05, 0.1) is 19.3 Å². The molecule has 22 heavy (non-hydrogen) atoms. The Morgan fingerprint density at radius 3 is 1.82 bits per heavy atom. The number of amides is 1. The maximum Gasteiger partial charge on any atom is 0.431 e. The Kier molecular flexibility index (Phi) is 11.5. The van der Waals surface area contributed by atoms with E-state index < -0.39 is 24.2 Å². The van der Waals surface area contributed by atoms with E-state index in [1.807, 2.05) is 0 Å². The zero-order valence-electron chi connectivity index (χ0n) is 10.9. The lowest BCUT2D eigenvalue weighted by Gasteiger charge is -2.10. The molecule has 1 heterocycles. The van der Waals surface area contributed by atoms with Gasteiger partial charge in [0, 0.05) is 18.3 Å². The summed E-state index contributed by atoms with van der Waals surface area (Å²) in [4.78, 5) is 11.3. The highest BCUT2D eigenvalue weighted by Crippen LogP contribution is 2.27. The lowest BCUT2D eigenvalue weighted by atomic mass is 10.2. The maximum absolute atomic E-state index is 12.3. The van der Waals surface area contributed by atoms with Gasteiger partial charge >= 0.3 is 6.18 Å². The highest BCUT2D eigenvalue weighted by molar-refractivity contribution is 6.14. The third-order valence-electron chi connectivity index (χ3n) is 2.10. The van der Waals surface area contributed by atoms with Crippen LogP contribution < -0.4 is 5.01 Å². The van der Waals surface area contributed by atoms with Gasteiger partial charge in [-0.1, -0.05) is 18.2 Å². The summed E-state index contributed by atoms with van der Waals surface area (Å²) in [6.45, 7) is 0. The molecule has 11 heteroatoms. The molecule has 1 aliphatic heterocycles. The predicted molar refractivity (Wildman–Crippen MR) is 63.5 cm³/mol. The van der Waals surface area contributed by atoms with Gasteiger partial charge in [0.25, 0.3) is 5.91 Å². The molecule has 126 valence electrons. The molecule has 0 atom stereocenters. The van der Waals surface area contributed by atoms with Crippen LogP contribution >= 0.6 is 0 Å². The molecule has 0 spiro atoms. The van der Waals surface area contributed by atoms with Crippen LogP contribution in [-0.4, -0.2) is 25.0 Å². The van der Waals surface area contributed by atoms with E-state index in [0.29, 0.717) is 12.9 Å². The molecule has 2 rings (SSSR count). The van der Waals surface area contributed by atoms with Gasteiger partial charge in [-0.3, -0.25) is 9.18 Å². The van der Waals surface area contributed by atoms with Crippen LogP contribution in [0, 0.1) is 0 Å². The Bertz CT molecular complexity index is 449. The SMILES string of the molecule is CF.FF.FF.O=C1CC(C(F)(F)F)=NN1c1ccccc1. The van der Waals surface area contributed by atoms with Gasteiger partial charge in [0.2, 0.25) is 0 Å². The number of para-hydroxylation sites is 1. The summed E-state index contributed by atoms with van der Waals surface area (Å²) >= 11 is 0. The maximum atomic E-state index is 12.3. The normalized spacial score (nSPS) is 12.9. The van der Waals surface area contributed by atoms with E-state index in [0.717, 1.165) is 5.01 Å². The zero-order valence-corrected chi connectivity index (χ0v) is 10.9. The molecule has 3 nitrogen and oxygen atoms in total. The van der Waals surface area contributed by atoms with Crippen molar-refractivity contribution in [3.63, 3.8) is 0 Å². The molecule has 0 bridgehead atoms. The molecule has 0 unspecified atom stereocenters. The minimum Gasteiger partial charge on any atom is -0.272 e. The van der Waals surface area contributed by atoms with Crippen molar-refractivity contribution in [2.24, 2.45) is 5.10 Å². The van der Waals surface area contributed by atoms with Crippen molar-refractivity contribution in [2.45, 2.75) is 12.6 Å². The van der Waals surface area contributed by atoms with E-state index in [2.05, 4.69) is 5.10 Å². The number of nitrogens with zero attached hydrogens (tertiary/aromatic N) is 2. The molecule has 1 aromatic carbocycles. The number of alkyl halides is 4. The number of hydrazone groups is 1. The fourth-order valence-corrected chi connectivity index (χ4v) is 1.36. The number of halogens is 8. The van der Waals surface area contributed by atoms with Gasteiger partial charge in [-0.15, -0.1) is 0 Å². The minimum absolute atomic E-state index is 0.340. The van der Waals surface area contributed by atoms with E-state index in [1.54, 1.807) is 18.2 Å². The number of hydrogen-bond donors (Lipinski definition) is 0. The quantitative estimate of drug-likeness (QED) is 0.689. The molecule has 0 aromatic heterocycles. The summed E-state index contributed by atoms with van der Waals surface area (Å²) in [6, 6.07) is 8.02. The Morgan fingerprint density at radius 1 is 1.00 bits per heavy atom. The van der Waals surface area contributed by atoms with E-state index in [-0.39, 0.29) is 0 Å². The van der Waals surface area contributed by atoms with Crippen LogP contribution in [0.5, 0.6) is 0 Å². The third kappa shape index (κ3) is 6.50. The van der Waals surface area contributed by atoms with Gasteiger partial charge in [-0.2, -0.15) is 18.3 Å². The topological polar surface area (TPSA) is 32.7 Å². The van der Waals surface area contributed by atoms with E-state index in [4.69, 9.17) is 18.3 Å². The van der Waals surface area contributed by atoms with Gasteiger partial charge in [0.15, 0.2) is 5.71 Å². The van der Waals surface area contributed by atoms with Crippen LogP contribution in [0.1, 0.15) is 6.42 Å². The number of hydrogen-bond acceptors (Lipinski definition) is 2. The van der Waals surface area contributed by atoms with Gasteiger partial charge in [-0.05, 0) is 12.1 Å². The van der Waals surface area contributed by atoms with Crippen molar-refractivity contribution in [1.29, 1.82) is 0 Å². The number of carbonyl (C=O) groups excluding carboxylic acids is 1. The van der Waals surface area contributed by atoms with Crippen LogP contribution in [0.2, 0.25) is 0 Å². The highest BCUT2D eigenvalue weighted by Gasteiger charge is 2.42. The Labute approximate surface area is 119 Å². The van der Waals surface area contributed by atoms with E-state index in [1.165, 1.54) is 12.1 Å². The summed E-state index contributed by atoms with van der Waals surface area (Å²) < 4.78 is 78.4. The van der Waals surface area contributed by atoms with Crippen molar-refractivity contribution in [1.82, 2.24) is 0 Å². The molecule has 0 aliphatic carbocycles. The second-order valence-electron chi connectivity index (χ2n) is 3.26. The largest absolute Gasteiger partial charge is 0.431 e. The van der Waals surface area contributed by atoms with Crippen molar-refractivity contribution in [2.75, 3.05) is 12.2 Å². The first-order chi connectivity index (χ1) is 10.5. The van der Waals surface area contributed by atoms with Gasteiger partial charge in [0.1, 0.15) is 0 Å². The smallest absolute Gasteiger partial charge is 0.272 e. The third-order valence-corrected chi connectivity index (χ3v) is 2.10. The predicted octanol–water partition coefficient (Wildman–Crippen LogP) is 4.61. The standard InChI is InChI=1S/C10H7F3N2O.CH3F.2F2/c11-10(12,13)8-6-9(16)15(14-8)7-4-2-1-3-5-7;3*1-2/h1-5H,6H2;1H3;;.